The zero-order valence-electron chi connectivity index (χ0n) is 10.4. The van der Waals surface area contributed by atoms with E-state index in [1.54, 1.807) is 11.6 Å². The lowest BCUT2D eigenvalue weighted by Crippen LogP contribution is -2.42. The molecule has 0 atom stereocenters. The van der Waals surface area contributed by atoms with Crippen molar-refractivity contribution in [1.82, 2.24) is 4.72 Å². The lowest BCUT2D eigenvalue weighted by Gasteiger charge is -2.21. The monoisotopic (exact) mass is 307 g/mol. The van der Waals surface area contributed by atoms with Crippen molar-refractivity contribution >= 4 is 39.3 Å². The predicted octanol–water partition coefficient (Wildman–Crippen LogP) is 1.35. The highest BCUT2D eigenvalue weighted by molar-refractivity contribution is 7.91. The molecule has 0 bridgehead atoms. The van der Waals surface area contributed by atoms with Crippen molar-refractivity contribution in [3.63, 3.8) is 0 Å². The molecule has 0 aliphatic rings. The molecular formula is C10H14ClN3O4S. The van der Waals surface area contributed by atoms with Crippen LogP contribution in [0.25, 0.3) is 0 Å². The average molecular weight is 308 g/mol. The molecule has 0 saturated carbocycles. The number of nitrogens with two attached hydrogens (primary N) is 1. The Balaban J connectivity index is 3.01. The van der Waals surface area contributed by atoms with Crippen LogP contribution in [0.5, 0.6) is 0 Å². The number of nitrogens with one attached hydrogen (secondary N) is 1. The molecule has 1 amide bonds. The van der Waals surface area contributed by atoms with Gasteiger partial charge in [0.1, 0.15) is 0 Å². The van der Waals surface area contributed by atoms with E-state index in [1.165, 1.54) is 25.2 Å². The van der Waals surface area contributed by atoms with Gasteiger partial charge in [-0.25, -0.2) is 9.52 Å². The van der Waals surface area contributed by atoms with Gasteiger partial charge in [-0.1, -0.05) is 11.6 Å². The van der Waals surface area contributed by atoms with Crippen molar-refractivity contribution in [1.29, 1.82) is 0 Å². The maximum absolute atomic E-state index is 11.9. The van der Waals surface area contributed by atoms with Gasteiger partial charge in [0.15, 0.2) is 0 Å². The Hall–Kier alpha value is -1.67. The number of rotatable bonds is 4. The zero-order chi connectivity index (χ0) is 14.6. The van der Waals surface area contributed by atoms with E-state index in [9.17, 15) is 13.2 Å². The molecule has 19 heavy (non-hydrogen) atoms. The average Bonchev–Trinajstić information content (AvgIpc) is 2.31. The summed E-state index contributed by atoms with van der Waals surface area (Å²) in [6.07, 6.45) is -1.06. The summed E-state index contributed by atoms with van der Waals surface area (Å²) in [5, 5.41) is 0.322. The van der Waals surface area contributed by atoms with E-state index in [2.05, 4.69) is 4.74 Å². The SMILES string of the molecule is CCOC(=O)NS(=O)(=O)N(C)c1cc(Cl)ccc1N. The fourth-order valence-electron chi connectivity index (χ4n) is 1.25. The number of anilines is 2. The van der Waals surface area contributed by atoms with Crippen molar-refractivity contribution in [3.05, 3.63) is 23.2 Å². The summed E-state index contributed by atoms with van der Waals surface area (Å²) in [4.78, 5) is 11.1. The number of carbonyl (C=O) groups is 1. The first kappa shape index (κ1) is 15.4. The third-order valence-electron chi connectivity index (χ3n) is 2.18. The van der Waals surface area contributed by atoms with Gasteiger partial charge in [-0.05, 0) is 25.1 Å². The van der Waals surface area contributed by atoms with Crippen LogP contribution < -0.4 is 14.8 Å². The number of hydrogen-bond donors (Lipinski definition) is 2. The number of ether oxygens (including phenoxy) is 1. The van der Waals surface area contributed by atoms with Crippen LogP contribution in [-0.4, -0.2) is 28.2 Å². The van der Waals surface area contributed by atoms with Gasteiger partial charge < -0.3 is 10.5 Å². The highest BCUT2D eigenvalue weighted by Crippen LogP contribution is 2.27. The van der Waals surface area contributed by atoms with Gasteiger partial charge >= 0.3 is 16.3 Å². The molecule has 9 heteroatoms. The van der Waals surface area contributed by atoms with Crippen molar-refractivity contribution in [2.45, 2.75) is 6.92 Å². The summed E-state index contributed by atoms with van der Waals surface area (Å²) in [5.74, 6) is 0. The third kappa shape index (κ3) is 3.90. The van der Waals surface area contributed by atoms with Crippen LogP contribution in [0.2, 0.25) is 5.02 Å². The lowest BCUT2D eigenvalue weighted by molar-refractivity contribution is 0.158. The predicted molar refractivity (Wildman–Crippen MR) is 73.3 cm³/mol. The number of nitrogen functional groups attached to an aromatic ring is 1. The Bertz CT molecular complexity index is 576. The van der Waals surface area contributed by atoms with Gasteiger partial charge in [-0.2, -0.15) is 8.42 Å². The molecule has 0 aromatic heterocycles. The molecule has 106 valence electrons. The van der Waals surface area contributed by atoms with Crippen LogP contribution >= 0.6 is 11.6 Å². The number of halogens is 1. The van der Waals surface area contributed by atoms with Crippen LogP contribution in [-0.2, 0) is 14.9 Å². The molecule has 1 aromatic carbocycles. The van der Waals surface area contributed by atoms with E-state index < -0.39 is 16.3 Å². The van der Waals surface area contributed by atoms with Gasteiger partial charge in [0.05, 0.1) is 18.0 Å². The van der Waals surface area contributed by atoms with Gasteiger partial charge in [-0.15, -0.1) is 0 Å². The maximum Gasteiger partial charge on any atom is 0.422 e. The third-order valence-corrected chi connectivity index (χ3v) is 3.76. The minimum absolute atomic E-state index is 0.0599. The highest BCUT2D eigenvalue weighted by atomic mass is 35.5. The number of hydrogen-bond acceptors (Lipinski definition) is 5. The quantitative estimate of drug-likeness (QED) is 0.818. The Labute approximate surface area is 116 Å². The molecule has 0 fully saturated rings. The highest BCUT2D eigenvalue weighted by Gasteiger charge is 2.23. The molecule has 1 rings (SSSR count). The second kappa shape index (κ2) is 5.98. The molecule has 3 N–H and O–H groups in total. The Morgan fingerprint density at radius 2 is 2.16 bits per heavy atom. The normalized spacial score (nSPS) is 10.9. The molecular weight excluding hydrogens is 294 g/mol. The van der Waals surface area contributed by atoms with Crippen LogP contribution in [0.1, 0.15) is 6.92 Å². The summed E-state index contributed by atoms with van der Waals surface area (Å²) in [6.45, 7) is 1.62. The van der Waals surface area contributed by atoms with Crippen molar-refractivity contribution in [3.8, 4) is 0 Å². The van der Waals surface area contributed by atoms with E-state index in [0.717, 1.165) is 4.31 Å². The molecule has 1 aromatic rings. The Kier molecular flexibility index (Phi) is 4.84. The second-order valence-corrected chi connectivity index (χ2v) is 5.64. The summed E-state index contributed by atoms with van der Waals surface area (Å²) >= 11 is 5.78. The molecule has 0 saturated heterocycles. The fraction of sp³-hybridized carbons (Fsp3) is 0.300. The van der Waals surface area contributed by atoms with Gasteiger partial charge in [-0.3, -0.25) is 4.31 Å². The summed E-state index contributed by atoms with van der Waals surface area (Å²) in [7, 11) is -2.86. The minimum Gasteiger partial charge on any atom is -0.449 e. The van der Waals surface area contributed by atoms with Gasteiger partial charge in [0.2, 0.25) is 0 Å². The summed E-state index contributed by atoms with van der Waals surface area (Å²) < 4.78 is 30.8. The topological polar surface area (TPSA) is 102 Å². The molecule has 7 nitrogen and oxygen atoms in total. The zero-order valence-corrected chi connectivity index (χ0v) is 12.0. The minimum atomic E-state index is -4.10. The number of amides is 1. The maximum atomic E-state index is 11.9. The van der Waals surface area contributed by atoms with E-state index in [0.29, 0.717) is 5.02 Å². The van der Waals surface area contributed by atoms with Gasteiger partial charge in [0, 0.05) is 12.1 Å². The van der Waals surface area contributed by atoms with E-state index >= 15 is 0 Å². The molecule has 0 spiro atoms. The molecule has 0 aliphatic carbocycles. The van der Waals surface area contributed by atoms with E-state index in [4.69, 9.17) is 17.3 Å². The number of benzene rings is 1. The Morgan fingerprint density at radius 1 is 1.53 bits per heavy atom. The molecule has 0 aliphatic heterocycles. The van der Waals surface area contributed by atoms with Crippen molar-refractivity contribution < 1.29 is 17.9 Å². The molecule has 0 radical (unpaired) electrons. The lowest BCUT2D eigenvalue weighted by atomic mass is 10.3. The smallest absolute Gasteiger partial charge is 0.422 e. The summed E-state index contributed by atoms with van der Waals surface area (Å²) in [6, 6.07) is 4.37. The first-order chi connectivity index (χ1) is 8.77. The van der Waals surface area contributed by atoms with Crippen molar-refractivity contribution in [2.24, 2.45) is 0 Å². The molecule has 0 unspecified atom stereocenters. The first-order valence-corrected chi connectivity index (χ1v) is 7.08. The molecule has 0 heterocycles. The summed E-state index contributed by atoms with van der Waals surface area (Å²) in [5.41, 5.74) is 6.03. The van der Waals surface area contributed by atoms with Crippen LogP contribution in [0, 0.1) is 0 Å². The van der Waals surface area contributed by atoms with Crippen LogP contribution in [0.15, 0.2) is 18.2 Å². The van der Waals surface area contributed by atoms with Crippen LogP contribution in [0.4, 0.5) is 16.2 Å². The second-order valence-electron chi connectivity index (χ2n) is 3.50. The number of carbonyl (C=O) groups excluding carboxylic acids is 1. The largest absolute Gasteiger partial charge is 0.449 e. The fourth-order valence-corrected chi connectivity index (χ4v) is 2.24. The number of nitrogens with zero attached hydrogens (tertiary/aromatic N) is 1. The van der Waals surface area contributed by atoms with E-state index in [-0.39, 0.29) is 18.0 Å². The van der Waals surface area contributed by atoms with Gasteiger partial charge in [0.25, 0.3) is 0 Å². The van der Waals surface area contributed by atoms with E-state index in [1.807, 2.05) is 0 Å². The van der Waals surface area contributed by atoms with Crippen molar-refractivity contribution in [2.75, 3.05) is 23.7 Å². The Morgan fingerprint density at radius 3 is 2.74 bits per heavy atom. The standard InChI is InChI=1S/C10H14ClN3O4S/c1-3-18-10(15)13-19(16,17)14(2)9-6-7(11)4-5-8(9)12/h4-6H,3,12H2,1-2H3,(H,13,15). The van der Waals surface area contributed by atoms with Crippen LogP contribution in [0.3, 0.4) is 0 Å². The first-order valence-electron chi connectivity index (χ1n) is 5.26.